The molecule has 0 amide bonds. The second-order valence-electron chi connectivity index (χ2n) is 3.86. The molecule has 0 aliphatic heterocycles. The van der Waals surface area contributed by atoms with Gasteiger partial charge in [-0.2, -0.15) is 0 Å². The summed E-state index contributed by atoms with van der Waals surface area (Å²) in [6, 6.07) is 4.09. The first-order valence-electron chi connectivity index (χ1n) is 5.34. The molecule has 0 radical (unpaired) electrons. The average Bonchev–Trinajstić information content (AvgIpc) is 2.64. The van der Waals surface area contributed by atoms with Gasteiger partial charge in [-0.1, -0.05) is 6.07 Å². The van der Waals surface area contributed by atoms with Gasteiger partial charge in [0.15, 0.2) is 0 Å². The van der Waals surface area contributed by atoms with E-state index in [1.165, 1.54) is 0 Å². The van der Waals surface area contributed by atoms with Gasteiger partial charge in [0, 0.05) is 24.6 Å². The molecule has 2 aromatic rings. The highest BCUT2D eigenvalue weighted by Crippen LogP contribution is 2.19. The van der Waals surface area contributed by atoms with E-state index in [1.807, 2.05) is 31.6 Å². The lowest BCUT2D eigenvalue weighted by Gasteiger charge is -2.18. The number of rotatable bonds is 3. The topological polar surface area (TPSA) is 56.7 Å². The van der Waals surface area contributed by atoms with Crippen molar-refractivity contribution >= 4 is 0 Å². The van der Waals surface area contributed by atoms with Gasteiger partial charge >= 0.3 is 0 Å². The molecule has 2 heterocycles. The van der Waals surface area contributed by atoms with E-state index in [2.05, 4.69) is 21.5 Å². The van der Waals surface area contributed by atoms with Crippen LogP contribution in [0.4, 0.5) is 0 Å². The summed E-state index contributed by atoms with van der Waals surface area (Å²) < 4.78 is 2.10. The Kier molecular flexibility index (Phi) is 3.01. The fourth-order valence-corrected chi connectivity index (χ4v) is 1.81. The minimum Gasteiger partial charge on any atom is -0.328 e. The standard InChI is InChI=1S/C12H16N4/c1-9-10(2)16(8-15-9)12(6-13)11-4-3-5-14-7-11/h3-5,7-8,12H,6,13H2,1-2H3. The lowest BCUT2D eigenvalue weighted by atomic mass is 10.1. The number of hydrogen-bond donors (Lipinski definition) is 1. The molecule has 84 valence electrons. The van der Waals surface area contributed by atoms with Crippen molar-refractivity contribution < 1.29 is 0 Å². The smallest absolute Gasteiger partial charge is 0.0957 e. The molecule has 0 fully saturated rings. The second kappa shape index (κ2) is 4.45. The van der Waals surface area contributed by atoms with Gasteiger partial charge in [0.05, 0.1) is 18.1 Å². The highest BCUT2D eigenvalue weighted by Gasteiger charge is 2.14. The molecule has 4 nitrogen and oxygen atoms in total. The predicted molar refractivity (Wildman–Crippen MR) is 63.1 cm³/mol. The van der Waals surface area contributed by atoms with Crippen molar-refractivity contribution in [3.05, 3.63) is 47.8 Å². The zero-order valence-corrected chi connectivity index (χ0v) is 9.59. The van der Waals surface area contributed by atoms with E-state index in [4.69, 9.17) is 5.73 Å². The Hall–Kier alpha value is -1.68. The molecule has 0 aliphatic carbocycles. The van der Waals surface area contributed by atoms with Gasteiger partial charge in [-0.05, 0) is 25.5 Å². The maximum absolute atomic E-state index is 5.84. The van der Waals surface area contributed by atoms with Crippen molar-refractivity contribution in [2.45, 2.75) is 19.9 Å². The summed E-state index contributed by atoms with van der Waals surface area (Å²) in [5.41, 5.74) is 9.15. The highest BCUT2D eigenvalue weighted by atomic mass is 15.1. The zero-order chi connectivity index (χ0) is 11.5. The van der Waals surface area contributed by atoms with E-state index in [1.54, 1.807) is 6.20 Å². The Labute approximate surface area is 95.1 Å². The van der Waals surface area contributed by atoms with E-state index in [9.17, 15) is 0 Å². The number of nitrogens with zero attached hydrogens (tertiary/aromatic N) is 3. The first-order valence-corrected chi connectivity index (χ1v) is 5.34. The fourth-order valence-electron chi connectivity index (χ4n) is 1.81. The normalized spacial score (nSPS) is 12.7. The van der Waals surface area contributed by atoms with Gasteiger partial charge in [0.1, 0.15) is 0 Å². The Bertz CT molecular complexity index is 461. The summed E-state index contributed by atoms with van der Waals surface area (Å²) >= 11 is 0. The number of aryl methyl sites for hydroxylation is 1. The molecule has 0 aromatic carbocycles. The van der Waals surface area contributed by atoms with E-state index in [0.717, 1.165) is 17.0 Å². The van der Waals surface area contributed by atoms with Gasteiger partial charge in [-0.15, -0.1) is 0 Å². The Morgan fingerprint density at radius 2 is 2.25 bits per heavy atom. The van der Waals surface area contributed by atoms with Gasteiger partial charge in [-0.25, -0.2) is 4.98 Å². The molecule has 0 saturated heterocycles. The van der Waals surface area contributed by atoms with Crippen LogP contribution in [0.2, 0.25) is 0 Å². The summed E-state index contributed by atoms with van der Waals surface area (Å²) in [6.45, 7) is 4.60. The van der Waals surface area contributed by atoms with Crippen LogP contribution >= 0.6 is 0 Å². The predicted octanol–water partition coefficient (Wildman–Crippen LogP) is 1.44. The van der Waals surface area contributed by atoms with Gasteiger partial charge in [0.2, 0.25) is 0 Å². The van der Waals surface area contributed by atoms with Crippen LogP contribution < -0.4 is 5.73 Å². The van der Waals surface area contributed by atoms with Crippen LogP contribution in [-0.2, 0) is 0 Å². The van der Waals surface area contributed by atoms with Gasteiger partial charge in [0.25, 0.3) is 0 Å². The SMILES string of the molecule is Cc1ncn(C(CN)c2cccnc2)c1C. The highest BCUT2D eigenvalue weighted by molar-refractivity contribution is 5.19. The zero-order valence-electron chi connectivity index (χ0n) is 9.59. The molecule has 4 heteroatoms. The van der Waals surface area contributed by atoms with Gasteiger partial charge in [-0.3, -0.25) is 4.98 Å². The molecule has 1 unspecified atom stereocenters. The third-order valence-electron chi connectivity index (χ3n) is 2.91. The molecule has 0 aliphatic rings. The first kappa shape index (κ1) is 10.8. The number of nitrogens with two attached hydrogens (primary N) is 1. The van der Waals surface area contributed by atoms with Gasteiger partial charge < -0.3 is 10.3 Å². The van der Waals surface area contributed by atoms with Crippen molar-refractivity contribution in [1.29, 1.82) is 0 Å². The quantitative estimate of drug-likeness (QED) is 0.844. The van der Waals surface area contributed by atoms with Crippen molar-refractivity contribution in [2.24, 2.45) is 5.73 Å². The average molecular weight is 216 g/mol. The maximum Gasteiger partial charge on any atom is 0.0957 e. The third-order valence-corrected chi connectivity index (χ3v) is 2.91. The maximum atomic E-state index is 5.84. The fraction of sp³-hybridized carbons (Fsp3) is 0.333. The van der Waals surface area contributed by atoms with Crippen LogP contribution in [0.5, 0.6) is 0 Å². The number of aromatic nitrogens is 3. The lowest BCUT2D eigenvalue weighted by Crippen LogP contribution is -2.21. The van der Waals surface area contributed by atoms with Crippen LogP contribution in [0, 0.1) is 13.8 Å². The lowest BCUT2D eigenvalue weighted by molar-refractivity contribution is 0.579. The van der Waals surface area contributed by atoms with Crippen molar-refractivity contribution in [3.63, 3.8) is 0 Å². The number of pyridine rings is 1. The molecule has 0 bridgehead atoms. The molecule has 0 saturated carbocycles. The van der Waals surface area contributed by atoms with E-state index in [-0.39, 0.29) is 6.04 Å². The molecular weight excluding hydrogens is 200 g/mol. The van der Waals surface area contributed by atoms with E-state index in [0.29, 0.717) is 6.54 Å². The first-order chi connectivity index (χ1) is 7.74. The molecule has 2 aromatic heterocycles. The Balaban J connectivity index is 2.41. The molecule has 2 rings (SSSR count). The Morgan fingerprint density at radius 3 is 2.75 bits per heavy atom. The largest absolute Gasteiger partial charge is 0.328 e. The minimum atomic E-state index is 0.120. The van der Waals surface area contributed by atoms with Crippen LogP contribution in [0.1, 0.15) is 23.0 Å². The van der Waals surface area contributed by atoms with Crippen LogP contribution in [0.15, 0.2) is 30.9 Å². The summed E-state index contributed by atoms with van der Waals surface area (Å²) in [5, 5.41) is 0. The number of imidazole rings is 1. The van der Waals surface area contributed by atoms with Crippen molar-refractivity contribution in [2.75, 3.05) is 6.54 Å². The summed E-state index contributed by atoms with van der Waals surface area (Å²) in [5.74, 6) is 0. The second-order valence-corrected chi connectivity index (χ2v) is 3.86. The monoisotopic (exact) mass is 216 g/mol. The van der Waals surface area contributed by atoms with Crippen LogP contribution in [0.25, 0.3) is 0 Å². The van der Waals surface area contributed by atoms with Crippen molar-refractivity contribution in [3.8, 4) is 0 Å². The number of hydrogen-bond acceptors (Lipinski definition) is 3. The van der Waals surface area contributed by atoms with E-state index < -0.39 is 0 Å². The molecule has 0 spiro atoms. The van der Waals surface area contributed by atoms with E-state index >= 15 is 0 Å². The molecule has 2 N–H and O–H groups in total. The molecule has 16 heavy (non-hydrogen) atoms. The molecular formula is C12H16N4. The van der Waals surface area contributed by atoms with Crippen molar-refractivity contribution in [1.82, 2.24) is 14.5 Å². The van der Waals surface area contributed by atoms with Crippen LogP contribution in [0.3, 0.4) is 0 Å². The Morgan fingerprint density at radius 1 is 1.44 bits per heavy atom. The summed E-state index contributed by atoms with van der Waals surface area (Å²) in [4.78, 5) is 8.42. The molecule has 1 atom stereocenters. The minimum absolute atomic E-state index is 0.120. The summed E-state index contributed by atoms with van der Waals surface area (Å²) in [7, 11) is 0. The third kappa shape index (κ3) is 1.84. The van der Waals surface area contributed by atoms with Crippen LogP contribution in [-0.4, -0.2) is 21.1 Å². The summed E-state index contributed by atoms with van der Waals surface area (Å²) in [6.07, 6.45) is 5.46.